The first kappa shape index (κ1) is 16.6. The van der Waals surface area contributed by atoms with E-state index >= 15 is 0 Å². The lowest BCUT2D eigenvalue weighted by Gasteiger charge is -2.38. The van der Waals surface area contributed by atoms with Crippen molar-refractivity contribution in [1.82, 2.24) is 15.1 Å². The molecule has 2 saturated heterocycles. The van der Waals surface area contributed by atoms with Crippen molar-refractivity contribution >= 4 is 16.7 Å². The van der Waals surface area contributed by atoms with E-state index in [2.05, 4.69) is 46.2 Å². The summed E-state index contributed by atoms with van der Waals surface area (Å²) in [5.74, 6) is 1.59. The number of piperidine rings is 1. The summed E-state index contributed by atoms with van der Waals surface area (Å²) in [6.45, 7) is 6.88. The zero-order chi connectivity index (χ0) is 18.4. The van der Waals surface area contributed by atoms with E-state index in [1.807, 2.05) is 6.92 Å². The molecule has 7 nitrogen and oxygen atoms in total. The number of aromatic nitrogens is 3. The Morgan fingerprint density at radius 3 is 2.48 bits per heavy atom. The van der Waals surface area contributed by atoms with E-state index < -0.39 is 5.79 Å². The average molecular weight is 366 g/mol. The fraction of sp³-hybridized carbons (Fsp3) is 0.450. The first-order valence-corrected chi connectivity index (χ1v) is 9.37. The fourth-order valence-electron chi connectivity index (χ4n) is 3.94. The third-order valence-corrected chi connectivity index (χ3v) is 5.35. The van der Waals surface area contributed by atoms with Crippen molar-refractivity contribution in [1.29, 1.82) is 0 Å². The predicted molar refractivity (Wildman–Crippen MR) is 101 cm³/mol. The van der Waals surface area contributed by atoms with E-state index in [-0.39, 0.29) is 0 Å². The number of pyridine rings is 1. The number of benzene rings is 1. The summed E-state index contributed by atoms with van der Waals surface area (Å²) in [5.41, 5.74) is 3.03. The average Bonchev–Trinajstić information content (AvgIpc) is 3.31. The van der Waals surface area contributed by atoms with Crippen LogP contribution in [0.15, 0.2) is 28.8 Å². The van der Waals surface area contributed by atoms with Crippen molar-refractivity contribution in [3.63, 3.8) is 0 Å². The van der Waals surface area contributed by atoms with Gasteiger partial charge in [0, 0.05) is 31.3 Å². The molecule has 1 spiro atoms. The van der Waals surface area contributed by atoms with Gasteiger partial charge in [-0.1, -0.05) is 16.8 Å². The van der Waals surface area contributed by atoms with Crippen LogP contribution in [0, 0.1) is 13.8 Å². The number of hydrogen-bond acceptors (Lipinski definition) is 7. The van der Waals surface area contributed by atoms with Crippen molar-refractivity contribution in [2.24, 2.45) is 0 Å². The highest BCUT2D eigenvalue weighted by Gasteiger charge is 2.40. The number of fused-ring (bicyclic) bond motifs is 1. The molecule has 0 saturated carbocycles. The van der Waals surface area contributed by atoms with Gasteiger partial charge in [-0.25, -0.2) is 4.98 Å². The second-order valence-electron chi connectivity index (χ2n) is 7.30. The van der Waals surface area contributed by atoms with Gasteiger partial charge < -0.3 is 18.9 Å². The molecule has 2 fully saturated rings. The molecule has 140 valence electrons. The van der Waals surface area contributed by atoms with Crippen molar-refractivity contribution < 1.29 is 14.0 Å². The van der Waals surface area contributed by atoms with Crippen LogP contribution in [0.3, 0.4) is 0 Å². The summed E-state index contributed by atoms with van der Waals surface area (Å²) in [6, 6.07) is 8.38. The van der Waals surface area contributed by atoms with Crippen molar-refractivity contribution in [3.8, 4) is 11.5 Å². The predicted octanol–water partition coefficient (Wildman–Crippen LogP) is 3.24. The van der Waals surface area contributed by atoms with Gasteiger partial charge in [-0.3, -0.25) is 0 Å². The maximum atomic E-state index is 5.86. The Morgan fingerprint density at radius 1 is 1.00 bits per heavy atom. The SMILES string of the molecule is Cc1ccc2nc(N3CCC4(CC3)OCCO4)c(-c3nc(C)no3)cc2c1. The van der Waals surface area contributed by atoms with Crippen LogP contribution in [-0.4, -0.2) is 47.2 Å². The van der Waals surface area contributed by atoms with Crippen molar-refractivity contribution in [3.05, 3.63) is 35.7 Å². The van der Waals surface area contributed by atoms with Crippen LogP contribution >= 0.6 is 0 Å². The number of ether oxygens (including phenoxy) is 2. The van der Waals surface area contributed by atoms with Gasteiger partial charge in [-0.15, -0.1) is 0 Å². The molecule has 0 amide bonds. The molecule has 0 atom stereocenters. The zero-order valence-electron chi connectivity index (χ0n) is 15.6. The summed E-state index contributed by atoms with van der Waals surface area (Å²) in [6.07, 6.45) is 1.64. The van der Waals surface area contributed by atoms with E-state index in [4.69, 9.17) is 19.0 Å². The van der Waals surface area contributed by atoms with Gasteiger partial charge in [0.25, 0.3) is 5.89 Å². The molecular formula is C20H22N4O3. The van der Waals surface area contributed by atoms with Crippen LogP contribution in [0.4, 0.5) is 5.82 Å². The fourth-order valence-corrected chi connectivity index (χ4v) is 3.94. The Bertz CT molecular complexity index is 984. The number of hydrogen-bond donors (Lipinski definition) is 0. The van der Waals surface area contributed by atoms with Gasteiger partial charge >= 0.3 is 0 Å². The van der Waals surface area contributed by atoms with Gasteiger partial charge in [-0.05, 0) is 32.0 Å². The van der Waals surface area contributed by atoms with Crippen LogP contribution in [0.5, 0.6) is 0 Å². The van der Waals surface area contributed by atoms with Gasteiger partial charge in [0.15, 0.2) is 11.6 Å². The maximum Gasteiger partial charge on any atom is 0.261 e. The van der Waals surface area contributed by atoms with E-state index in [9.17, 15) is 0 Å². The molecule has 0 aliphatic carbocycles. The number of rotatable bonds is 2. The van der Waals surface area contributed by atoms with E-state index in [1.165, 1.54) is 5.56 Å². The van der Waals surface area contributed by atoms with Crippen LogP contribution in [0.25, 0.3) is 22.4 Å². The summed E-state index contributed by atoms with van der Waals surface area (Å²) < 4.78 is 17.2. The summed E-state index contributed by atoms with van der Waals surface area (Å²) in [4.78, 5) is 11.7. The standard InChI is InChI=1S/C20H22N4O3/c1-13-3-4-17-15(11-13)12-16(19-21-14(2)23-27-19)18(22-17)24-7-5-20(6-8-24)25-9-10-26-20/h3-4,11-12H,5-10H2,1-2H3. The Labute approximate surface area is 157 Å². The molecule has 2 aliphatic rings. The lowest BCUT2D eigenvalue weighted by Crippen LogP contribution is -2.45. The molecule has 3 aromatic rings. The minimum atomic E-state index is -0.411. The summed E-state index contributed by atoms with van der Waals surface area (Å²) in [7, 11) is 0. The highest BCUT2D eigenvalue weighted by atomic mass is 16.7. The summed E-state index contributed by atoms with van der Waals surface area (Å²) >= 11 is 0. The molecule has 0 N–H and O–H groups in total. The second-order valence-corrected chi connectivity index (χ2v) is 7.30. The van der Waals surface area contributed by atoms with Crippen LogP contribution in [0.2, 0.25) is 0 Å². The minimum absolute atomic E-state index is 0.411. The highest BCUT2D eigenvalue weighted by molar-refractivity contribution is 5.88. The Hall–Kier alpha value is -2.51. The molecule has 2 aliphatic heterocycles. The van der Waals surface area contributed by atoms with E-state index in [1.54, 1.807) is 0 Å². The van der Waals surface area contributed by atoms with Gasteiger partial charge in [-0.2, -0.15) is 4.98 Å². The number of anilines is 1. The monoisotopic (exact) mass is 366 g/mol. The largest absolute Gasteiger partial charge is 0.356 e. The molecule has 5 rings (SSSR count). The van der Waals surface area contributed by atoms with Crippen molar-refractivity contribution in [2.45, 2.75) is 32.5 Å². The smallest absolute Gasteiger partial charge is 0.261 e. The van der Waals surface area contributed by atoms with Gasteiger partial charge in [0.05, 0.1) is 24.3 Å². The molecule has 27 heavy (non-hydrogen) atoms. The van der Waals surface area contributed by atoms with E-state index in [0.29, 0.717) is 24.9 Å². The van der Waals surface area contributed by atoms with Gasteiger partial charge in [0.2, 0.25) is 0 Å². The molecular weight excluding hydrogens is 344 g/mol. The van der Waals surface area contributed by atoms with Crippen molar-refractivity contribution in [2.75, 3.05) is 31.2 Å². The topological polar surface area (TPSA) is 73.5 Å². The molecule has 7 heteroatoms. The van der Waals surface area contributed by atoms with E-state index in [0.717, 1.165) is 48.2 Å². The molecule has 2 aromatic heterocycles. The van der Waals surface area contributed by atoms with Gasteiger partial charge in [0.1, 0.15) is 5.82 Å². The third-order valence-electron chi connectivity index (χ3n) is 5.35. The lowest BCUT2D eigenvalue weighted by atomic mass is 10.0. The molecule has 0 unspecified atom stereocenters. The van der Waals surface area contributed by atoms with Crippen LogP contribution < -0.4 is 4.90 Å². The number of nitrogens with zero attached hydrogens (tertiary/aromatic N) is 4. The quantitative estimate of drug-likeness (QED) is 0.689. The normalized spacial score (nSPS) is 19.3. The zero-order valence-corrected chi connectivity index (χ0v) is 15.6. The Kier molecular flexibility index (Phi) is 3.87. The Balaban J connectivity index is 1.56. The molecule has 0 bridgehead atoms. The molecule has 0 radical (unpaired) electrons. The Morgan fingerprint density at radius 2 is 1.78 bits per heavy atom. The summed E-state index contributed by atoms with van der Waals surface area (Å²) in [5, 5.41) is 5.03. The van der Waals surface area contributed by atoms with Crippen LogP contribution in [0.1, 0.15) is 24.2 Å². The third kappa shape index (κ3) is 2.96. The van der Waals surface area contributed by atoms with Crippen LogP contribution in [-0.2, 0) is 9.47 Å². The number of aryl methyl sites for hydroxylation is 2. The first-order chi connectivity index (χ1) is 13.1. The maximum absolute atomic E-state index is 5.86. The minimum Gasteiger partial charge on any atom is -0.356 e. The highest BCUT2D eigenvalue weighted by Crippen LogP contribution is 2.37. The first-order valence-electron chi connectivity index (χ1n) is 9.37. The molecule has 4 heterocycles. The second kappa shape index (κ2) is 6.28. The molecule has 1 aromatic carbocycles. The lowest BCUT2D eigenvalue weighted by molar-refractivity contribution is -0.169.